The number of fused-ring (bicyclic) bond motifs is 1. The van der Waals surface area contributed by atoms with Crippen LogP contribution in [0.1, 0.15) is 43.6 Å². The Balaban J connectivity index is 1.74. The number of aliphatic hydroxyl groups is 1. The van der Waals surface area contributed by atoms with E-state index in [-0.39, 0.29) is 37.4 Å². The van der Waals surface area contributed by atoms with Gasteiger partial charge in [-0.1, -0.05) is 24.3 Å². The van der Waals surface area contributed by atoms with Crippen LogP contribution in [0.25, 0.3) is 0 Å². The summed E-state index contributed by atoms with van der Waals surface area (Å²) in [5.41, 5.74) is 2.12. The van der Waals surface area contributed by atoms with Crippen molar-refractivity contribution in [1.82, 2.24) is 9.80 Å². The van der Waals surface area contributed by atoms with Crippen LogP contribution in [-0.4, -0.2) is 52.3 Å². The Labute approximate surface area is 151 Å². The summed E-state index contributed by atoms with van der Waals surface area (Å²) in [5, 5.41) is 9.03. The number of benzene rings is 2. The van der Waals surface area contributed by atoms with E-state index < -0.39 is 0 Å². The molecule has 0 saturated carbocycles. The second-order valence-electron chi connectivity index (χ2n) is 6.05. The number of imide groups is 1. The molecule has 6 heteroatoms. The van der Waals surface area contributed by atoms with Gasteiger partial charge in [-0.15, -0.1) is 0 Å². The van der Waals surface area contributed by atoms with Gasteiger partial charge in [0.05, 0.1) is 24.3 Å². The highest BCUT2D eigenvalue weighted by atomic mass is 16.3. The molecule has 0 atom stereocenters. The van der Waals surface area contributed by atoms with Crippen molar-refractivity contribution in [3.8, 4) is 0 Å². The molecule has 2 aromatic rings. The van der Waals surface area contributed by atoms with E-state index in [1.807, 2.05) is 6.92 Å². The van der Waals surface area contributed by atoms with Gasteiger partial charge >= 0.3 is 0 Å². The molecule has 0 saturated heterocycles. The summed E-state index contributed by atoms with van der Waals surface area (Å²) in [4.78, 5) is 40.0. The molecule has 6 nitrogen and oxygen atoms in total. The van der Waals surface area contributed by atoms with Crippen molar-refractivity contribution in [2.45, 2.75) is 13.5 Å². The van der Waals surface area contributed by atoms with Gasteiger partial charge in [-0.3, -0.25) is 19.3 Å². The van der Waals surface area contributed by atoms with Crippen LogP contribution in [0.15, 0.2) is 48.5 Å². The normalized spacial score (nSPS) is 13.1. The third-order valence-electron chi connectivity index (χ3n) is 4.46. The number of hydrogen-bond donors (Lipinski definition) is 1. The summed E-state index contributed by atoms with van der Waals surface area (Å²) >= 11 is 0. The van der Waals surface area contributed by atoms with Crippen LogP contribution in [0, 0.1) is 0 Å². The molecule has 3 amide bonds. The van der Waals surface area contributed by atoms with Crippen LogP contribution in [0.2, 0.25) is 0 Å². The lowest BCUT2D eigenvalue weighted by atomic mass is 10.1. The average Bonchev–Trinajstić information content (AvgIpc) is 2.91. The minimum Gasteiger partial charge on any atom is -0.395 e. The molecule has 0 aromatic heterocycles. The smallest absolute Gasteiger partial charge is 0.261 e. The molecule has 0 aliphatic carbocycles. The van der Waals surface area contributed by atoms with Gasteiger partial charge in [0.25, 0.3) is 17.7 Å². The van der Waals surface area contributed by atoms with Crippen molar-refractivity contribution in [2.75, 3.05) is 19.7 Å². The predicted molar refractivity (Wildman–Crippen MR) is 95.8 cm³/mol. The first-order valence-electron chi connectivity index (χ1n) is 8.51. The number of carbonyl (C=O) groups excluding carboxylic acids is 3. The number of carbonyl (C=O) groups is 3. The second kappa shape index (κ2) is 7.49. The minimum absolute atomic E-state index is 0.0859. The van der Waals surface area contributed by atoms with E-state index in [2.05, 4.69) is 0 Å². The van der Waals surface area contributed by atoms with E-state index in [9.17, 15) is 14.4 Å². The van der Waals surface area contributed by atoms with E-state index >= 15 is 0 Å². The standard InChI is InChI=1S/C20H20N2O4/c1-2-21(11-12-23)18(24)15-9-7-14(8-10-15)13-22-19(25)16-5-3-4-6-17(16)20(22)26/h3-10,23H,2,11-13H2,1H3. The molecule has 0 bridgehead atoms. The summed E-state index contributed by atoms with van der Waals surface area (Å²) < 4.78 is 0. The number of aliphatic hydroxyl groups excluding tert-OH is 1. The van der Waals surface area contributed by atoms with E-state index in [1.54, 1.807) is 53.4 Å². The Morgan fingerprint density at radius 2 is 1.58 bits per heavy atom. The van der Waals surface area contributed by atoms with E-state index in [4.69, 9.17) is 5.11 Å². The lowest BCUT2D eigenvalue weighted by Crippen LogP contribution is -2.33. The fourth-order valence-corrected chi connectivity index (χ4v) is 3.02. The molecule has 0 unspecified atom stereocenters. The highest BCUT2D eigenvalue weighted by molar-refractivity contribution is 6.21. The van der Waals surface area contributed by atoms with E-state index in [0.29, 0.717) is 23.2 Å². The number of hydrogen-bond acceptors (Lipinski definition) is 4. The minimum atomic E-state index is -0.300. The van der Waals surface area contributed by atoms with Gasteiger partial charge in [0.1, 0.15) is 0 Å². The molecule has 0 spiro atoms. The first kappa shape index (κ1) is 17.8. The maximum atomic E-state index is 12.4. The van der Waals surface area contributed by atoms with Gasteiger partial charge in [-0.2, -0.15) is 0 Å². The summed E-state index contributed by atoms with van der Waals surface area (Å²) in [6.07, 6.45) is 0. The summed E-state index contributed by atoms with van der Waals surface area (Å²) in [6, 6.07) is 13.6. The van der Waals surface area contributed by atoms with Gasteiger partial charge in [-0.25, -0.2) is 0 Å². The highest BCUT2D eigenvalue weighted by Crippen LogP contribution is 2.24. The molecular formula is C20H20N2O4. The second-order valence-corrected chi connectivity index (χ2v) is 6.05. The lowest BCUT2D eigenvalue weighted by Gasteiger charge is -2.20. The Hall–Kier alpha value is -2.99. The molecule has 2 aromatic carbocycles. The molecule has 134 valence electrons. The van der Waals surface area contributed by atoms with Crippen molar-refractivity contribution >= 4 is 17.7 Å². The van der Waals surface area contributed by atoms with Gasteiger partial charge < -0.3 is 10.0 Å². The van der Waals surface area contributed by atoms with Crippen LogP contribution >= 0.6 is 0 Å². The summed E-state index contributed by atoms with van der Waals surface area (Å²) in [6.45, 7) is 2.72. The fraction of sp³-hybridized carbons (Fsp3) is 0.250. The van der Waals surface area contributed by atoms with E-state index in [1.165, 1.54) is 4.90 Å². The van der Waals surface area contributed by atoms with Crippen molar-refractivity contribution in [3.05, 3.63) is 70.8 Å². The van der Waals surface area contributed by atoms with Crippen LogP contribution in [-0.2, 0) is 6.54 Å². The van der Waals surface area contributed by atoms with Crippen LogP contribution in [0.4, 0.5) is 0 Å². The van der Waals surface area contributed by atoms with Gasteiger partial charge in [0.15, 0.2) is 0 Å². The lowest BCUT2D eigenvalue weighted by molar-refractivity contribution is 0.0640. The van der Waals surface area contributed by atoms with Crippen LogP contribution in [0.5, 0.6) is 0 Å². The van der Waals surface area contributed by atoms with Crippen molar-refractivity contribution < 1.29 is 19.5 Å². The zero-order valence-electron chi connectivity index (χ0n) is 14.5. The summed E-state index contributed by atoms with van der Waals surface area (Å²) in [5.74, 6) is -0.759. The SMILES string of the molecule is CCN(CCO)C(=O)c1ccc(CN2C(=O)c3ccccc3C2=O)cc1. The van der Waals surface area contributed by atoms with Gasteiger partial charge in [0, 0.05) is 18.7 Å². The molecule has 1 aliphatic rings. The van der Waals surface area contributed by atoms with Crippen molar-refractivity contribution in [1.29, 1.82) is 0 Å². The number of likely N-dealkylation sites (N-methyl/N-ethyl adjacent to an activating group) is 1. The molecule has 0 radical (unpaired) electrons. The molecule has 1 heterocycles. The Bertz CT molecular complexity index is 810. The maximum Gasteiger partial charge on any atom is 0.261 e. The molecule has 3 rings (SSSR count). The van der Waals surface area contributed by atoms with Gasteiger partial charge in [-0.05, 0) is 36.8 Å². The molecular weight excluding hydrogens is 332 g/mol. The topological polar surface area (TPSA) is 77.9 Å². The average molecular weight is 352 g/mol. The largest absolute Gasteiger partial charge is 0.395 e. The summed E-state index contributed by atoms with van der Waals surface area (Å²) in [7, 11) is 0. The quantitative estimate of drug-likeness (QED) is 0.806. The van der Waals surface area contributed by atoms with Crippen molar-refractivity contribution in [2.24, 2.45) is 0 Å². The first-order chi connectivity index (χ1) is 12.6. The zero-order valence-corrected chi connectivity index (χ0v) is 14.5. The van der Waals surface area contributed by atoms with Crippen LogP contribution in [0.3, 0.4) is 0 Å². The van der Waals surface area contributed by atoms with Crippen LogP contribution < -0.4 is 0 Å². The molecule has 0 fully saturated rings. The third-order valence-corrected chi connectivity index (χ3v) is 4.46. The van der Waals surface area contributed by atoms with Gasteiger partial charge in [0.2, 0.25) is 0 Å². The predicted octanol–water partition coefficient (Wildman–Crippen LogP) is 1.94. The monoisotopic (exact) mass is 352 g/mol. The number of amides is 3. The third kappa shape index (κ3) is 3.23. The molecule has 26 heavy (non-hydrogen) atoms. The van der Waals surface area contributed by atoms with E-state index in [0.717, 1.165) is 5.56 Å². The molecule has 1 N–H and O–H groups in total. The number of rotatable bonds is 6. The molecule has 1 aliphatic heterocycles. The Morgan fingerprint density at radius 1 is 1.00 bits per heavy atom. The maximum absolute atomic E-state index is 12.4. The Kier molecular flexibility index (Phi) is 5.14. The zero-order chi connectivity index (χ0) is 18.7. The van der Waals surface area contributed by atoms with Crippen molar-refractivity contribution in [3.63, 3.8) is 0 Å². The Morgan fingerprint density at radius 3 is 2.08 bits per heavy atom. The first-order valence-corrected chi connectivity index (χ1v) is 8.51. The highest BCUT2D eigenvalue weighted by Gasteiger charge is 2.34. The number of nitrogens with zero attached hydrogens (tertiary/aromatic N) is 2. The fourth-order valence-electron chi connectivity index (χ4n) is 3.02.